The largest absolute Gasteiger partial charge is 0.396 e. The van der Waals surface area contributed by atoms with Gasteiger partial charge in [0.25, 0.3) is 0 Å². The first-order valence-electron chi connectivity index (χ1n) is 6.77. The molecular weight excluding hydrogens is 254 g/mol. The van der Waals surface area contributed by atoms with Gasteiger partial charge in [0.05, 0.1) is 5.25 Å². The van der Waals surface area contributed by atoms with Gasteiger partial charge < -0.3 is 9.84 Å². The summed E-state index contributed by atoms with van der Waals surface area (Å²) >= 11 is 0. The molecular formula is C12H25NO4S. The monoisotopic (exact) mass is 279 g/mol. The van der Waals surface area contributed by atoms with Gasteiger partial charge in [0, 0.05) is 26.4 Å². The van der Waals surface area contributed by atoms with Crippen LogP contribution in [0.3, 0.4) is 0 Å². The van der Waals surface area contributed by atoms with Crippen LogP contribution in [0.1, 0.15) is 39.0 Å². The zero-order valence-corrected chi connectivity index (χ0v) is 11.9. The molecule has 1 saturated heterocycles. The maximum Gasteiger partial charge on any atom is 0.214 e. The lowest BCUT2D eigenvalue weighted by atomic mass is 10.0. The summed E-state index contributed by atoms with van der Waals surface area (Å²) < 4.78 is 32.0. The van der Waals surface area contributed by atoms with E-state index in [2.05, 4.69) is 11.6 Å². The Hall–Kier alpha value is -0.170. The quantitative estimate of drug-likeness (QED) is 0.692. The van der Waals surface area contributed by atoms with Crippen LogP contribution in [0.2, 0.25) is 0 Å². The molecule has 0 aromatic rings. The summed E-state index contributed by atoms with van der Waals surface area (Å²) in [5, 5.41) is 8.63. The Morgan fingerprint density at radius 2 is 2.00 bits per heavy atom. The SMILES string of the molecule is CCCC(CCO)CNS(=O)(=O)C1CCOCC1. The van der Waals surface area contributed by atoms with Crippen molar-refractivity contribution < 1.29 is 18.3 Å². The molecule has 6 heteroatoms. The molecule has 1 fully saturated rings. The van der Waals surface area contributed by atoms with Gasteiger partial charge in [0.1, 0.15) is 0 Å². The molecule has 5 nitrogen and oxygen atoms in total. The van der Waals surface area contributed by atoms with Gasteiger partial charge in [0.15, 0.2) is 0 Å². The van der Waals surface area contributed by atoms with E-state index in [9.17, 15) is 8.42 Å². The molecule has 1 aliphatic heterocycles. The maximum atomic E-state index is 12.1. The van der Waals surface area contributed by atoms with Gasteiger partial charge in [-0.3, -0.25) is 0 Å². The lowest BCUT2D eigenvalue weighted by Gasteiger charge is -2.24. The van der Waals surface area contributed by atoms with Crippen LogP contribution < -0.4 is 4.72 Å². The third-order valence-corrected chi connectivity index (χ3v) is 5.33. The van der Waals surface area contributed by atoms with Crippen molar-refractivity contribution in [3.63, 3.8) is 0 Å². The van der Waals surface area contributed by atoms with Gasteiger partial charge in [-0.1, -0.05) is 13.3 Å². The van der Waals surface area contributed by atoms with E-state index in [4.69, 9.17) is 9.84 Å². The summed E-state index contributed by atoms with van der Waals surface area (Å²) in [6.07, 6.45) is 3.76. The fourth-order valence-corrected chi connectivity index (χ4v) is 3.79. The molecule has 1 heterocycles. The van der Waals surface area contributed by atoms with Crippen molar-refractivity contribution in [2.75, 3.05) is 26.4 Å². The lowest BCUT2D eigenvalue weighted by Crippen LogP contribution is -2.40. The average Bonchev–Trinajstić information content (AvgIpc) is 2.38. The summed E-state index contributed by atoms with van der Waals surface area (Å²) in [7, 11) is -3.23. The van der Waals surface area contributed by atoms with Gasteiger partial charge in [-0.05, 0) is 31.6 Å². The fourth-order valence-electron chi connectivity index (χ4n) is 2.28. The van der Waals surface area contributed by atoms with Crippen molar-refractivity contribution in [2.45, 2.75) is 44.3 Å². The number of hydrogen-bond donors (Lipinski definition) is 2. The van der Waals surface area contributed by atoms with Gasteiger partial charge in [0.2, 0.25) is 10.0 Å². The molecule has 0 aromatic carbocycles. The molecule has 0 radical (unpaired) electrons. The molecule has 1 unspecified atom stereocenters. The van der Waals surface area contributed by atoms with Gasteiger partial charge in [-0.15, -0.1) is 0 Å². The Bertz CT molecular complexity index is 306. The topological polar surface area (TPSA) is 75.6 Å². The number of aliphatic hydroxyl groups excluding tert-OH is 1. The highest BCUT2D eigenvalue weighted by Crippen LogP contribution is 2.16. The number of rotatable bonds is 8. The molecule has 2 N–H and O–H groups in total. The van der Waals surface area contributed by atoms with Crippen LogP contribution in [-0.4, -0.2) is 45.1 Å². The van der Waals surface area contributed by atoms with Gasteiger partial charge >= 0.3 is 0 Å². The summed E-state index contributed by atoms with van der Waals surface area (Å²) in [6, 6.07) is 0. The number of ether oxygens (including phenoxy) is 1. The van der Waals surface area contributed by atoms with Crippen molar-refractivity contribution in [1.82, 2.24) is 4.72 Å². The number of aliphatic hydroxyl groups is 1. The molecule has 1 atom stereocenters. The molecule has 108 valence electrons. The first-order valence-corrected chi connectivity index (χ1v) is 8.31. The first kappa shape index (κ1) is 15.9. The van der Waals surface area contributed by atoms with Crippen molar-refractivity contribution in [1.29, 1.82) is 0 Å². The van der Waals surface area contributed by atoms with Crippen LogP contribution >= 0.6 is 0 Å². The van der Waals surface area contributed by atoms with E-state index in [1.54, 1.807) is 0 Å². The van der Waals surface area contributed by atoms with Crippen LogP contribution in [0, 0.1) is 5.92 Å². The summed E-state index contributed by atoms with van der Waals surface area (Å²) in [5.74, 6) is 0.231. The van der Waals surface area contributed by atoms with Crippen molar-refractivity contribution >= 4 is 10.0 Å². The average molecular weight is 279 g/mol. The molecule has 0 amide bonds. The zero-order chi connectivity index (χ0) is 13.4. The van der Waals surface area contributed by atoms with E-state index < -0.39 is 10.0 Å². The smallest absolute Gasteiger partial charge is 0.214 e. The van der Waals surface area contributed by atoms with E-state index in [0.717, 1.165) is 12.8 Å². The summed E-state index contributed by atoms with van der Waals surface area (Å²) in [5.41, 5.74) is 0. The number of nitrogens with one attached hydrogen (secondary N) is 1. The predicted octanol–water partition coefficient (Wildman–Crippen LogP) is 0.883. The number of sulfonamides is 1. The number of hydrogen-bond acceptors (Lipinski definition) is 4. The third kappa shape index (κ3) is 5.22. The Morgan fingerprint density at radius 3 is 2.56 bits per heavy atom. The fraction of sp³-hybridized carbons (Fsp3) is 1.00. The third-order valence-electron chi connectivity index (χ3n) is 3.41. The van der Waals surface area contributed by atoms with E-state index in [1.807, 2.05) is 0 Å². The second-order valence-electron chi connectivity index (χ2n) is 4.87. The summed E-state index contributed by atoms with van der Waals surface area (Å²) in [4.78, 5) is 0. The second kappa shape index (κ2) is 8.09. The highest BCUT2D eigenvalue weighted by atomic mass is 32.2. The van der Waals surface area contributed by atoms with Crippen molar-refractivity contribution in [3.05, 3.63) is 0 Å². The molecule has 0 aliphatic carbocycles. The maximum absolute atomic E-state index is 12.1. The van der Waals surface area contributed by atoms with E-state index >= 15 is 0 Å². The van der Waals surface area contributed by atoms with Crippen molar-refractivity contribution in [3.8, 4) is 0 Å². The highest BCUT2D eigenvalue weighted by Gasteiger charge is 2.27. The van der Waals surface area contributed by atoms with Crippen molar-refractivity contribution in [2.24, 2.45) is 5.92 Å². The Morgan fingerprint density at radius 1 is 1.33 bits per heavy atom. The van der Waals surface area contributed by atoms with Gasteiger partial charge in [-0.25, -0.2) is 13.1 Å². The first-order chi connectivity index (χ1) is 8.60. The lowest BCUT2D eigenvalue weighted by molar-refractivity contribution is 0.0981. The normalized spacial score (nSPS) is 19.9. The minimum Gasteiger partial charge on any atom is -0.396 e. The second-order valence-corrected chi connectivity index (χ2v) is 6.92. The minimum atomic E-state index is -3.23. The molecule has 0 aromatic heterocycles. The molecule has 0 bridgehead atoms. The van der Waals surface area contributed by atoms with Crippen LogP contribution in [0.5, 0.6) is 0 Å². The van der Waals surface area contributed by atoms with Crippen LogP contribution in [0.4, 0.5) is 0 Å². The zero-order valence-electron chi connectivity index (χ0n) is 11.1. The minimum absolute atomic E-state index is 0.115. The molecule has 1 aliphatic rings. The van der Waals surface area contributed by atoms with Crippen LogP contribution in [0.15, 0.2) is 0 Å². The molecule has 1 rings (SSSR count). The molecule has 0 spiro atoms. The molecule has 0 saturated carbocycles. The predicted molar refractivity (Wildman–Crippen MR) is 70.9 cm³/mol. The van der Waals surface area contributed by atoms with E-state index in [1.165, 1.54) is 0 Å². The van der Waals surface area contributed by atoms with Gasteiger partial charge in [-0.2, -0.15) is 0 Å². The van der Waals surface area contributed by atoms with Crippen LogP contribution in [-0.2, 0) is 14.8 Å². The Balaban J connectivity index is 2.43. The summed E-state index contributed by atoms with van der Waals surface area (Å²) in [6.45, 7) is 3.68. The Kier molecular flexibility index (Phi) is 7.14. The molecule has 18 heavy (non-hydrogen) atoms. The van der Waals surface area contributed by atoms with E-state index in [-0.39, 0.29) is 17.8 Å². The highest BCUT2D eigenvalue weighted by molar-refractivity contribution is 7.90. The Labute approximate surface area is 110 Å². The van der Waals surface area contributed by atoms with E-state index in [0.29, 0.717) is 39.0 Å². The van der Waals surface area contributed by atoms with Crippen LogP contribution in [0.25, 0.3) is 0 Å². The standard InChI is InChI=1S/C12H25NO4S/c1-2-3-11(4-7-14)10-13-18(15,16)12-5-8-17-9-6-12/h11-14H,2-10H2,1H3.